The van der Waals surface area contributed by atoms with Crippen LogP contribution in [-0.4, -0.2) is 35.5 Å². The molecule has 0 bridgehead atoms. The van der Waals surface area contributed by atoms with Gasteiger partial charge in [-0.25, -0.2) is 4.39 Å². The molecule has 5 heteroatoms. The second-order valence-corrected chi connectivity index (χ2v) is 6.44. The van der Waals surface area contributed by atoms with Crippen molar-refractivity contribution >= 4 is 12.0 Å². The average Bonchev–Trinajstić information content (AvgIpc) is 2.62. The van der Waals surface area contributed by atoms with Crippen LogP contribution in [-0.2, 0) is 4.79 Å². The lowest BCUT2D eigenvalue weighted by Crippen LogP contribution is -2.37. The predicted molar refractivity (Wildman–Crippen MR) is 99.3 cm³/mol. The van der Waals surface area contributed by atoms with Gasteiger partial charge in [0.15, 0.2) is 0 Å². The summed E-state index contributed by atoms with van der Waals surface area (Å²) in [5.41, 5.74) is 3.30. The highest BCUT2D eigenvalue weighted by molar-refractivity contribution is 5.76. The molecule has 4 nitrogen and oxygen atoms in total. The maximum Gasteiger partial charge on any atom is 0.226 e. The van der Waals surface area contributed by atoms with Crippen molar-refractivity contribution in [3.05, 3.63) is 65.2 Å². The first-order chi connectivity index (χ1) is 12.6. The number of aromatic nitrogens is 1. The molecule has 1 aromatic carbocycles. The van der Waals surface area contributed by atoms with Gasteiger partial charge in [0.1, 0.15) is 11.6 Å². The second-order valence-electron chi connectivity index (χ2n) is 6.44. The van der Waals surface area contributed by atoms with Gasteiger partial charge >= 0.3 is 0 Å². The molecule has 0 atom stereocenters. The van der Waals surface area contributed by atoms with E-state index in [1.807, 2.05) is 30.0 Å². The standard InChI is InChI=1S/C21H23FN2O2/c1-16-4-2-6-19(23-16)14-17-8-11-24(12-9-17)21(25)10-13-26-20-7-3-5-18(22)15-20/h2-7,14-15H,8-13H2,1H3. The number of aryl methyl sites for hydroxylation is 1. The van der Waals surface area contributed by atoms with Crippen molar-refractivity contribution in [1.82, 2.24) is 9.88 Å². The summed E-state index contributed by atoms with van der Waals surface area (Å²) in [6, 6.07) is 12.0. The van der Waals surface area contributed by atoms with E-state index in [1.54, 1.807) is 12.1 Å². The van der Waals surface area contributed by atoms with Crippen molar-refractivity contribution in [3.63, 3.8) is 0 Å². The van der Waals surface area contributed by atoms with Gasteiger partial charge < -0.3 is 9.64 Å². The molecule has 1 saturated heterocycles. The van der Waals surface area contributed by atoms with Crippen LogP contribution in [0.5, 0.6) is 5.75 Å². The minimum absolute atomic E-state index is 0.0779. The molecule has 2 aromatic rings. The number of halogens is 1. The summed E-state index contributed by atoms with van der Waals surface area (Å²) in [6.45, 7) is 3.68. The van der Waals surface area contributed by atoms with Gasteiger partial charge in [0, 0.05) is 24.8 Å². The Kier molecular flexibility index (Phi) is 6.00. The van der Waals surface area contributed by atoms with Gasteiger partial charge in [-0.3, -0.25) is 9.78 Å². The average molecular weight is 354 g/mol. The van der Waals surface area contributed by atoms with Crippen molar-refractivity contribution in [1.29, 1.82) is 0 Å². The number of rotatable bonds is 5. The summed E-state index contributed by atoms with van der Waals surface area (Å²) >= 11 is 0. The quantitative estimate of drug-likeness (QED) is 0.815. The Morgan fingerprint density at radius 2 is 2.00 bits per heavy atom. The third-order valence-electron chi connectivity index (χ3n) is 4.40. The number of ether oxygens (including phenoxy) is 1. The van der Waals surface area contributed by atoms with Crippen LogP contribution in [0.1, 0.15) is 30.7 Å². The molecular weight excluding hydrogens is 331 g/mol. The molecule has 1 amide bonds. The first kappa shape index (κ1) is 18.1. The molecule has 1 fully saturated rings. The number of nitrogens with zero attached hydrogens (tertiary/aromatic N) is 2. The van der Waals surface area contributed by atoms with E-state index >= 15 is 0 Å². The summed E-state index contributed by atoms with van der Waals surface area (Å²) in [7, 11) is 0. The first-order valence-electron chi connectivity index (χ1n) is 8.89. The summed E-state index contributed by atoms with van der Waals surface area (Å²) in [5, 5.41) is 0. The zero-order valence-corrected chi connectivity index (χ0v) is 15.0. The van der Waals surface area contributed by atoms with Crippen molar-refractivity contribution in [2.75, 3.05) is 19.7 Å². The smallest absolute Gasteiger partial charge is 0.226 e. The Morgan fingerprint density at radius 1 is 1.23 bits per heavy atom. The van der Waals surface area contributed by atoms with Crippen LogP contribution in [0.25, 0.3) is 6.08 Å². The van der Waals surface area contributed by atoms with Crippen LogP contribution in [0.15, 0.2) is 48.0 Å². The van der Waals surface area contributed by atoms with Crippen molar-refractivity contribution in [2.24, 2.45) is 0 Å². The second kappa shape index (κ2) is 8.61. The molecule has 1 aromatic heterocycles. The van der Waals surface area contributed by atoms with Crippen molar-refractivity contribution in [2.45, 2.75) is 26.2 Å². The molecule has 1 aliphatic rings. The fraction of sp³-hybridized carbons (Fsp3) is 0.333. The van der Waals surface area contributed by atoms with Gasteiger partial charge in [0.2, 0.25) is 5.91 Å². The molecule has 0 radical (unpaired) electrons. The Hall–Kier alpha value is -2.69. The fourth-order valence-electron chi connectivity index (χ4n) is 3.01. The molecule has 0 unspecified atom stereocenters. The maximum absolute atomic E-state index is 13.1. The highest BCUT2D eigenvalue weighted by Crippen LogP contribution is 2.20. The number of hydrogen-bond acceptors (Lipinski definition) is 3. The lowest BCUT2D eigenvalue weighted by molar-refractivity contribution is -0.132. The number of piperidine rings is 1. The molecule has 0 aliphatic carbocycles. The number of carbonyl (C=O) groups excluding carboxylic acids is 1. The Balaban J connectivity index is 1.44. The number of carbonyl (C=O) groups is 1. The van der Waals surface area contributed by atoms with Crippen LogP contribution in [0.2, 0.25) is 0 Å². The predicted octanol–water partition coefficient (Wildman–Crippen LogP) is 4.00. The van der Waals surface area contributed by atoms with Gasteiger partial charge in [0.05, 0.1) is 18.7 Å². The highest BCUT2D eigenvalue weighted by Gasteiger charge is 2.19. The molecule has 0 N–H and O–H groups in total. The Bertz CT molecular complexity index is 794. The van der Waals surface area contributed by atoms with E-state index in [4.69, 9.17) is 4.74 Å². The van der Waals surface area contributed by atoms with Crippen LogP contribution >= 0.6 is 0 Å². The third-order valence-corrected chi connectivity index (χ3v) is 4.40. The van der Waals surface area contributed by atoms with E-state index in [9.17, 15) is 9.18 Å². The summed E-state index contributed by atoms with van der Waals surface area (Å²) in [4.78, 5) is 18.7. The minimum Gasteiger partial charge on any atom is -0.493 e. The summed E-state index contributed by atoms with van der Waals surface area (Å²) in [5.74, 6) is 0.189. The number of pyridine rings is 1. The van der Waals surface area contributed by atoms with Crippen molar-refractivity contribution in [3.8, 4) is 5.75 Å². The molecule has 3 rings (SSSR count). The molecule has 136 valence electrons. The van der Waals surface area contributed by atoms with E-state index in [0.29, 0.717) is 12.2 Å². The number of benzene rings is 1. The van der Waals surface area contributed by atoms with E-state index in [-0.39, 0.29) is 18.3 Å². The lowest BCUT2D eigenvalue weighted by Gasteiger charge is -2.28. The van der Waals surface area contributed by atoms with E-state index in [0.717, 1.165) is 37.3 Å². The molecule has 0 spiro atoms. The van der Waals surface area contributed by atoms with Crippen LogP contribution < -0.4 is 4.74 Å². The van der Waals surface area contributed by atoms with Gasteiger partial charge in [-0.15, -0.1) is 0 Å². The topological polar surface area (TPSA) is 42.4 Å². The summed E-state index contributed by atoms with van der Waals surface area (Å²) < 4.78 is 18.5. The number of likely N-dealkylation sites (tertiary alicyclic amines) is 1. The normalized spacial score (nSPS) is 14.2. The number of amides is 1. The van der Waals surface area contributed by atoms with Gasteiger partial charge in [-0.05, 0) is 50.1 Å². The molecular formula is C21H23FN2O2. The largest absolute Gasteiger partial charge is 0.493 e. The molecule has 2 heterocycles. The van der Waals surface area contributed by atoms with Gasteiger partial charge in [-0.1, -0.05) is 17.7 Å². The van der Waals surface area contributed by atoms with E-state index in [2.05, 4.69) is 11.1 Å². The van der Waals surface area contributed by atoms with Crippen molar-refractivity contribution < 1.29 is 13.9 Å². The molecule has 0 saturated carbocycles. The SMILES string of the molecule is Cc1cccc(C=C2CCN(C(=O)CCOc3cccc(F)c3)CC2)n1. The Morgan fingerprint density at radius 3 is 2.73 bits per heavy atom. The van der Waals surface area contributed by atoms with Gasteiger partial charge in [-0.2, -0.15) is 0 Å². The Labute approximate surface area is 153 Å². The first-order valence-corrected chi connectivity index (χ1v) is 8.89. The van der Waals surface area contributed by atoms with Crippen LogP contribution in [0.4, 0.5) is 4.39 Å². The lowest BCUT2D eigenvalue weighted by atomic mass is 10.0. The van der Waals surface area contributed by atoms with E-state index in [1.165, 1.54) is 17.7 Å². The zero-order valence-electron chi connectivity index (χ0n) is 15.0. The van der Waals surface area contributed by atoms with Crippen LogP contribution in [0, 0.1) is 12.7 Å². The fourth-order valence-corrected chi connectivity index (χ4v) is 3.01. The highest BCUT2D eigenvalue weighted by atomic mass is 19.1. The molecule has 26 heavy (non-hydrogen) atoms. The van der Waals surface area contributed by atoms with Gasteiger partial charge in [0.25, 0.3) is 0 Å². The monoisotopic (exact) mass is 354 g/mol. The maximum atomic E-state index is 13.1. The van der Waals surface area contributed by atoms with E-state index < -0.39 is 0 Å². The third kappa shape index (κ3) is 5.15. The number of hydrogen-bond donors (Lipinski definition) is 0. The molecule has 1 aliphatic heterocycles. The zero-order chi connectivity index (χ0) is 18.4. The van der Waals surface area contributed by atoms with Crippen LogP contribution in [0.3, 0.4) is 0 Å². The minimum atomic E-state index is -0.340. The summed E-state index contributed by atoms with van der Waals surface area (Å²) in [6.07, 6.45) is 4.16.